The first-order valence-electron chi connectivity index (χ1n) is 6.53. The highest BCUT2D eigenvalue weighted by Crippen LogP contribution is 2.27. The maximum atomic E-state index is 12.3. The van der Waals surface area contributed by atoms with Crippen LogP contribution in [0.25, 0.3) is 0 Å². The lowest BCUT2D eigenvalue weighted by atomic mass is 10.1. The third kappa shape index (κ3) is 4.12. The Labute approximate surface area is 142 Å². The highest BCUT2D eigenvalue weighted by Gasteiger charge is 2.20. The van der Waals surface area contributed by atoms with E-state index >= 15 is 0 Å². The first-order valence-corrected chi connectivity index (χ1v) is 8.16. The van der Waals surface area contributed by atoms with Crippen LogP contribution in [-0.4, -0.2) is 31.4 Å². The van der Waals surface area contributed by atoms with Gasteiger partial charge >= 0.3 is 0 Å². The minimum Gasteiger partial charge on any atom is -0.349 e. The van der Waals surface area contributed by atoms with Crippen LogP contribution >= 0.6 is 35.0 Å². The van der Waals surface area contributed by atoms with Gasteiger partial charge in [0, 0.05) is 17.1 Å². The van der Waals surface area contributed by atoms with E-state index < -0.39 is 0 Å². The number of thioether (sulfide) groups is 1. The summed E-state index contributed by atoms with van der Waals surface area (Å²) in [4.78, 5) is 12.3. The van der Waals surface area contributed by atoms with Crippen molar-refractivity contribution in [3.8, 4) is 0 Å². The maximum Gasteiger partial charge on any atom is 0.233 e. The molecule has 0 unspecified atom stereocenters. The topological polar surface area (TPSA) is 72.7 Å². The van der Waals surface area contributed by atoms with Crippen molar-refractivity contribution < 1.29 is 4.79 Å². The van der Waals surface area contributed by atoms with E-state index in [-0.39, 0.29) is 17.2 Å². The Morgan fingerprint density at radius 3 is 2.68 bits per heavy atom. The molecule has 1 amide bonds. The number of halogens is 2. The summed E-state index contributed by atoms with van der Waals surface area (Å²) in [7, 11) is 1.73. The molecular formula is C13H15Cl2N5OS. The van der Waals surface area contributed by atoms with E-state index in [0.717, 1.165) is 5.56 Å². The monoisotopic (exact) mass is 359 g/mol. The second kappa shape index (κ2) is 7.30. The number of rotatable bonds is 5. The number of hydrogen-bond donors (Lipinski definition) is 1. The van der Waals surface area contributed by atoms with Crippen molar-refractivity contribution in [2.75, 3.05) is 0 Å². The van der Waals surface area contributed by atoms with Crippen molar-refractivity contribution in [3.05, 3.63) is 33.8 Å². The van der Waals surface area contributed by atoms with Crippen molar-refractivity contribution in [2.45, 2.75) is 30.3 Å². The van der Waals surface area contributed by atoms with Gasteiger partial charge in [0.2, 0.25) is 11.1 Å². The Hall–Kier alpha value is -1.31. The zero-order chi connectivity index (χ0) is 16.3. The van der Waals surface area contributed by atoms with Crippen molar-refractivity contribution >= 4 is 40.9 Å². The number of nitrogens with zero attached hydrogens (tertiary/aromatic N) is 4. The summed E-state index contributed by atoms with van der Waals surface area (Å²) in [6.45, 7) is 3.67. The van der Waals surface area contributed by atoms with E-state index in [1.54, 1.807) is 32.2 Å². The van der Waals surface area contributed by atoms with Crippen molar-refractivity contribution in [3.63, 3.8) is 0 Å². The Balaban J connectivity index is 2.00. The summed E-state index contributed by atoms with van der Waals surface area (Å²) in [6.07, 6.45) is 0. The number of carbonyl (C=O) groups excluding carboxylic acids is 1. The lowest BCUT2D eigenvalue weighted by Crippen LogP contribution is -2.33. The van der Waals surface area contributed by atoms with Crippen LogP contribution in [0.3, 0.4) is 0 Å². The number of amides is 1. The van der Waals surface area contributed by atoms with Gasteiger partial charge < -0.3 is 5.32 Å². The molecule has 1 N–H and O–H groups in total. The SMILES string of the molecule is C[C@H](Sc1nnnn1C)C(=O)N[C@@H](C)c1ccc(Cl)cc1Cl. The number of hydrogen-bond acceptors (Lipinski definition) is 5. The lowest BCUT2D eigenvalue weighted by molar-refractivity contribution is -0.120. The van der Waals surface area contributed by atoms with Crippen LogP contribution in [0.15, 0.2) is 23.4 Å². The molecule has 2 rings (SSSR count). The molecule has 0 radical (unpaired) electrons. The van der Waals surface area contributed by atoms with Crippen LogP contribution in [0.4, 0.5) is 0 Å². The molecule has 2 atom stereocenters. The van der Waals surface area contributed by atoms with Gasteiger partial charge in [-0.15, -0.1) is 5.10 Å². The average Bonchev–Trinajstić information content (AvgIpc) is 2.83. The van der Waals surface area contributed by atoms with Gasteiger partial charge in [0.15, 0.2) is 0 Å². The van der Waals surface area contributed by atoms with E-state index in [4.69, 9.17) is 23.2 Å². The standard InChI is InChI=1S/C13H15Cl2N5OS/c1-7(10-5-4-9(14)6-11(10)15)16-12(21)8(2)22-13-17-18-19-20(13)3/h4-8H,1-3H3,(H,16,21)/t7-,8-/m0/s1. The van der Waals surface area contributed by atoms with Gasteiger partial charge in [-0.1, -0.05) is 41.0 Å². The molecule has 0 bridgehead atoms. The summed E-state index contributed by atoms with van der Waals surface area (Å²) in [6, 6.07) is 4.98. The number of carbonyl (C=O) groups is 1. The number of aromatic nitrogens is 4. The van der Waals surface area contributed by atoms with E-state index in [2.05, 4.69) is 20.8 Å². The van der Waals surface area contributed by atoms with E-state index in [9.17, 15) is 4.79 Å². The van der Waals surface area contributed by atoms with Crippen LogP contribution < -0.4 is 5.32 Å². The Morgan fingerprint density at radius 2 is 2.09 bits per heavy atom. The normalized spacial score (nSPS) is 13.7. The molecule has 0 fully saturated rings. The van der Waals surface area contributed by atoms with Gasteiger partial charge in [-0.25, -0.2) is 4.68 Å². The van der Waals surface area contributed by atoms with Gasteiger partial charge in [-0.3, -0.25) is 4.79 Å². The molecule has 1 aromatic heterocycles. The van der Waals surface area contributed by atoms with Crippen LogP contribution in [-0.2, 0) is 11.8 Å². The Morgan fingerprint density at radius 1 is 1.36 bits per heavy atom. The average molecular weight is 360 g/mol. The van der Waals surface area contributed by atoms with Crippen LogP contribution in [0.2, 0.25) is 10.0 Å². The zero-order valence-electron chi connectivity index (χ0n) is 12.2. The second-order valence-corrected chi connectivity index (χ2v) is 6.89. The van der Waals surface area contributed by atoms with Crippen molar-refractivity contribution in [1.29, 1.82) is 0 Å². The molecule has 22 heavy (non-hydrogen) atoms. The highest BCUT2D eigenvalue weighted by atomic mass is 35.5. The molecule has 0 aliphatic rings. The number of aryl methyl sites for hydroxylation is 1. The predicted molar refractivity (Wildman–Crippen MR) is 87.1 cm³/mol. The third-order valence-electron chi connectivity index (χ3n) is 3.02. The largest absolute Gasteiger partial charge is 0.349 e. The third-order valence-corrected chi connectivity index (χ3v) is 4.71. The molecule has 0 saturated carbocycles. The molecule has 1 aromatic carbocycles. The fourth-order valence-electron chi connectivity index (χ4n) is 1.79. The van der Waals surface area contributed by atoms with E-state index in [0.29, 0.717) is 15.2 Å². The number of tetrazole rings is 1. The summed E-state index contributed by atoms with van der Waals surface area (Å²) in [5.41, 5.74) is 0.817. The first-order chi connectivity index (χ1) is 10.4. The highest BCUT2D eigenvalue weighted by molar-refractivity contribution is 8.00. The molecule has 0 spiro atoms. The van der Waals surface area contributed by atoms with Gasteiger partial charge in [-0.2, -0.15) is 0 Å². The van der Waals surface area contributed by atoms with E-state index in [1.165, 1.54) is 16.4 Å². The summed E-state index contributed by atoms with van der Waals surface area (Å²) in [5.74, 6) is -0.119. The number of benzene rings is 1. The molecule has 1 heterocycles. The molecule has 118 valence electrons. The molecular weight excluding hydrogens is 345 g/mol. The van der Waals surface area contributed by atoms with E-state index in [1.807, 2.05) is 6.92 Å². The van der Waals surface area contributed by atoms with Gasteiger partial charge in [0.25, 0.3) is 0 Å². The van der Waals surface area contributed by atoms with Crippen molar-refractivity contribution in [2.24, 2.45) is 7.05 Å². The lowest BCUT2D eigenvalue weighted by Gasteiger charge is -2.18. The fourth-order valence-corrected chi connectivity index (χ4v) is 3.13. The minimum absolute atomic E-state index is 0.119. The molecule has 0 aliphatic carbocycles. The van der Waals surface area contributed by atoms with Crippen LogP contribution in [0, 0.1) is 0 Å². The van der Waals surface area contributed by atoms with Gasteiger partial charge in [0.05, 0.1) is 11.3 Å². The summed E-state index contributed by atoms with van der Waals surface area (Å²) >= 11 is 13.3. The summed E-state index contributed by atoms with van der Waals surface area (Å²) in [5, 5.41) is 15.4. The smallest absolute Gasteiger partial charge is 0.233 e. The Kier molecular flexibility index (Phi) is 5.66. The number of nitrogens with one attached hydrogen (secondary N) is 1. The van der Waals surface area contributed by atoms with Crippen molar-refractivity contribution in [1.82, 2.24) is 25.5 Å². The predicted octanol–water partition coefficient (Wildman–Crippen LogP) is 2.87. The van der Waals surface area contributed by atoms with Crippen LogP contribution in [0.5, 0.6) is 0 Å². The molecule has 9 heteroatoms. The van der Waals surface area contributed by atoms with Crippen LogP contribution in [0.1, 0.15) is 25.5 Å². The minimum atomic E-state index is -0.335. The molecule has 6 nitrogen and oxygen atoms in total. The first kappa shape index (κ1) is 17.1. The fraction of sp³-hybridized carbons (Fsp3) is 0.385. The maximum absolute atomic E-state index is 12.3. The molecule has 2 aromatic rings. The summed E-state index contributed by atoms with van der Waals surface area (Å²) < 4.78 is 1.52. The Bertz CT molecular complexity index is 678. The zero-order valence-corrected chi connectivity index (χ0v) is 14.6. The molecule has 0 saturated heterocycles. The quantitative estimate of drug-likeness (QED) is 0.830. The molecule has 0 aliphatic heterocycles. The second-order valence-electron chi connectivity index (χ2n) is 4.74. The van der Waals surface area contributed by atoms with Gasteiger partial charge in [0.1, 0.15) is 0 Å². The van der Waals surface area contributed by atoms with Gasteiger partial charge in [-0.05, 0) is 42.0 Å².